The summed E-state index contributed by atoms with van der Waals surface area (Å²) >= 11 is 0. The standard InChI is InChI=1S/C24H33NO4/c1-12(2)9-18-22-15(5)14(4)10-17-21-13(3)7-6-8-19(26)16(21)11-20(27)29-24(17,22)23(28)25-18/h10-12,15,17-19,22,26H,6-9H2,1-5H3,(H,25,28)/t15-,17-,18+,19+,22+,24-/m1/s1. The van der Waals surface area contributed by atoms with E-state index in [-0.39, 0.29) is 29.7 Å². The van der Waals surface area contributed by atoms with Crippen molar-refractivity contribution in [2.75, 3.05) is 0 Å². The Morgan fingerprint density at radius 3 is 2.72 bits per heavy atom. The number of fused-ring (bicyclic) bond motifs is 2. The monoisotopic (exact) mass is 399 g/mol. The maximum Gasteiger partial charge on any atom is 0.332 e. The van der Waals surface area contributed by atoms with E-state index in [2.05, 4.69) is 46.0 Å². The third kappa shape index (κ3) is 3.00. The smallest absolute Gasteiger partial charge is 0.332 e. The third-order valence-electron chi connectivity index (χ3n) is 7.49. The molecule has 6 atom stereocenters. The molecule has 29 heavy (non-hydrogen) atoms. The molecule has 0 aromatic heterocycles. The van der Waals surface area contributed by atoms with Gasteiger partial charge in [0.2, 0.25) is 5.60 Å². The fourth-order valence-electron chi connectivity index (χ4n) is 6.12. The van der Waals surface area contributed by atoms with E-state index in [9.17, 15) is 14.7 Å². The SMILES string of the molecule is CC1=C[C@@H]2C3=C(C)CCC[C@H](O)C3=CC(=O)O[C@]23C(=O)N[C@@H](CC(C)C)[C@@H]3[C@@H]1C. The summed E-state index contributed by atoms with van der Waals surface area (Å²) in [4.78, 5) is 26.5. The van der Waals surface area contributed by atoms with Crippen molar-refractivity contribution in [3.05, 3.63) is 34.4 Å². The van der Waals surface area contributed by atoms with E-state index in [4.69, 9.17) is 4.74 Å². The van der Waals surface area contributed by atoms with Gasteiger partial charge in [0, 0.05) is 18.0 Å². The number of amides is 1. The second-order valence-electron chi connectivity index (χ2n) is 9.83. The zero-order chi connectivity index (χ0) is 21.1. The highest BCUT2D eigenvalue weighted by Crippen LogP contribution is 2.55. The molecule has 0 aromatic carbocycles. The van der Waals surface area contributed by atoms with Crippen LogP contribution in [0.4, 0.5) is 0 Å². The Bertz CT molecular complexity index is 836. The molecular formula is C24H33NO4. The number of hydrogen-bond donors (Lipinski definition) is 2. The first kappa shape index (κ1) is 20.4. The van der Waals surface area contributed by atoms with E-state index in [1.165, 1.54) is 11.6 Å². The van der Waals surface area contributed by atoms with Crippen molar-refractivity contribution < 1.29 is 19.4 Å². The van der Waals surface area contributed by atoms with Crippen LogP contribution in [0.25, 0.3) is 0 Å². The van der Waals surface area contributed by atoms with Crippen molar-refractivity contribution in [3.8, 4) is 0 Å². The van der Waals surface area contributed by atoms with Crippen LogP contribution < -0.4 is 5.32 Å². The van der Waals surface area contributed by atoms with Gasteiger partial charge in [-0.05, 0) is 62.5 Å². The molecule has 0 unspecified atom stereocenters. The van der Waals surface area contributed by atoms with Gasteiger partial charge < -0.3 is 15.2 Å². The van der Waals surface area contributed by atoms with Crippen molar-refractivity contribution in [2.24, 2.45) is 23.7 Å². The van der Waals surface area contributed by atoms with Gasteiger partial charge in [0.15, 0.2) is 0 Å². The molecule has 1 spiro atoms. The van der Waals surface area contributed by atoms with Gasteiger partial charge in [0.25, 0.3) is 5.91 Å². The predicted molar refractivity (Wildman–Crippen MR) is 111 cm³/mol. The van der Waals surface area contributed by atoms with Crippen molar-refractivity contribution in [1.82, 2.24) is 5.32 Å². The van der Waals surface area contributed by atoms with Gasteiger partial charge in [-0.25, -0.2) is 4.79 Å². The molecular weight excluding hydrogens is 366 g/mol. The van der Waals surface area contributed by atoms with Gasteiger partial charge in [0.05, 0.1) is 12.0 Å². The Kier molecular flexibility index (Phi) is 5.01. The molecule has 2 heterocycles. The summed E-state index contributed by atoms with van der Waals surface area (Å²) in [5, 5.41) is 14.0. The highest BCUT2D eigenvalue weighted by molar-refractivity contribution is 5.96. The van der Waals surface area contributed by atoms with Crippen LogP contribution in [-0.4, -0.2) is 34.7 Å². The summed E-state index contributed by atoms with van der Waals surface area (Å²) in [5.74, 6) is -0.630. The summed E-state index contributed by atoms with van der Waals surface area (Å²) in [6.45, 7) is 10.6. The highest BCUT2D eigenvalue weighted by Gasteiger charge is 2.66. The van der Waals surface area contributed by atoms with Gasteiger partial charge in [-0.3, -0.25) is 4.79 Å². The van der Waals surface area contributed by atoms with Gasteiger partial charge in [0.1, 0.15) is 0 Å². The molecule has 2 N–H and O–H groups in total. The zero-order valence-electron chi connectivity index (χ0n) is 18.1. The van der Waals surface area contributed by atoms with E-state index in [1.54, 1.807) is 0 Å². The lowest BCUT2D eigenvalue weighted by molar-refractivity contribution is -0.171. The molecule has 4 aliphatic rings. The molecule has 0 radical (unpaired) electrons. The normalized spacial score (nSPS) is 39.5. The molecule has 5 heteroatoms. The Hall–Kier alpha value is -1.88. The first-order valence-corrected chi connectivity index (χ1v) is 11.0. The van der Waals surface area contributed by atoms with Crippen LogP contribution >= 0.6 is 0 Å². The van der Waals surface area contributed by atoms with E-state index >= 15 is 0 Å². The van der Waals surface area contributed by atoms with E-state index in [0.29, 0.717) is 17.9 Å². The van der Waals surface area contributed by atoms with Crippen LogP contribution in [0.2, 0.25) is 0 Å². The second kappa shape index (κ2) is 7.12. The van der Waals surface area contributed by atoms with Crippen LogP contribution in [0.15, 0.2) is 34.4 Å². The molecule has 0 bridgehead atoms. The maximum absolute atomic E-state index is 13.5. The lowest BCUT2D eigenvalue weighted by atomic mass is 9.60. The van der Waals surface area contributed by atoms with E-state index in [0.717, 1.165) is 30.4 Å². The summed E-state index contributed by atoms with van der Waals surface area (Å²) in [6, 6.07) is -0.0328. The molecule has 1 saturated heterocycles. The van der Waals surface area contributed by atoms with Gasteiger partial charge in [-0.15, -0.1) is 0 Å². The van der Waals surface area contributed by atoms with Crippen molar-refractivity contribution >= 4 is 11.9 Å². The number of allylic oxidation sites excluding steroid dienone is 2. The molecule has 0 aromatic rings. The van der Waals surface area contributed by atoms with Gasteiger partial charge in [-0.1, -0.05) is 38.0 Å². The Balaban J connectivity index is 1.95. The van der Waals surface area contributed by atoms with Gasteiger partial charge >= 0.3 is 5.97 Å². The van der Waals surface area contributed by atoms with Crippen molar-refractivity contribution in [1.29, 1.82) is 0 Å². The molecule has 2 aliphatic heterocycles. The summed E-state index contributed by atoms with van der Waals surface area (Å²) < 4.78 is 6.08. The minimum Gasteiger partial charge on any atom is -0.444 e. The summed E-state index contributed by atoms with van der Waals surface area (Å²) in [7, 11) is 0. The summed E-state index contributed by atoms with van der Waals surface area (Å²) in [5.41, 5.74) is 2.71. The molecule has 158 valence electrons. The van der Waals surface area contributed by atoms with Crippen LogP contribution in [0.1, 0.15) is 60.3 Å². The fourth-order valence-corrected chi connectivity index (χ4v) is 6.12. The van der Waals surface area contributed by atoms with Crippen molar-refractivity contribution in [3.63, 3.8) is 0 Å². The first-order chi connectivity index (χ1) is 13.7. The summed E-state index contributed by atoms with van der Waals surface area (Å²) in [6.07, 6.45) is 6.05. The Labute approximate surface area is 173 Å². The predicted octanol–water partition coefficient (Wildman–Crippen LogP) is 3.44. The number of aliphatic hydroxyl groups is 1. The lowest BCUT2D eigenvalue weighted by Crippen LogP contribution is -2.56. The average molecular weight is 400 g/mol. The number of nitrogens with one attached hydrogen (secondary N) is 1. The Morgan fingerprint density at radius 2 is 2.03 bits per heavy atom. The number of carbonyl (C=O) groups excluding carboxylic acids is 2. The maximum atomic E-state index is 13.5. The van der Waals surface area contributed by atoms with Crippen LogP contribution in [0.5, 0.6) is 0 Å². The lowest BCUT2D eigenvalue weighted by Gasteiger charge is -2.46. The molecule has 2 aliphatic carbocycles. The molecule has 5 nitrogen and oxygen atoms in total. The number of hydrogen-bond acceptors (Lipinski definition) is 4. The molecule has 1 amide bonds. The van der Waals surface area contributed by atoms with Gasteiger partial charge in [-0.2, -0.15) is 0 Å². The number of rotatable bonds is 2. The van der Waals surface area contributed by atoms with Crippen molar-refractivity contribution in [2.45, 2.75) is 78.0 Å². The van der Waals surface area contributed by atoms with Crippen LogP contribution in [0, 0.1) is 23.7 Å². The molecule has 4 rings (SSSR count). The number of carbonyl (C=O) groups is 2. The highest BCUT2D eigenvalue weighted by atomic mass is 16.6. The molecule has 0 saturated carbocycles. The quantitative estimate of drug-likeness (QED) is 0.551. The number of esters is 1. The topological polar surface area (TPSA) is 75.6 Å². The fraction of sp³-hybridized carbons (Fsp3) is 0.667. The largest absolute Gasteiger partial charge is 0.444 e. The zero-order valence-corrected chi connectivity index (χ0v) is 18.1. The molecule has 1 fully saturated rings. The number of ether oxygens (including phenoxy) is 1. The van der Waals surface area contributed by atoms with Crippen LogP contribution in [0.3, 0.4) is 0 Å². The minimum absolute atomic E-state index is 0.0328. The van der Waals surface area contributed by atoms with Crippen LogP contribution in [-0.2, 0) is 14.3 Å². The minimum atomic E-state index is -1.24. The Morgan fingerprint density at radius 1 is 1.31 bits per heavy atom. The van der Waals surface area contributed by atoms with E-state index < -0.39 is 17.7 Å². The van der Waals surface area contributed by atoms with E-state index in [1.807, 2.05) is 0 Å². The average Bonchev–Trinajstić information content (AvgIpc) is 2.73. The first-order valence-electron chi connectivity index (χ1n) is 11.0. The third-order valence-corrected chi connectivity index (χ3v) is 7.49. The second-order valence-corrected chi connectivity index (χ2v) is 9.83. The number of aliphatic hydroxyl groups excluding tert-OH is 1.